The van der Waals surface area contributed by atoms with Gasteiger partial charge in [-0.3, -0.25) is 4.79 Å². The van der Waals surface area contributed by atoms with Crippen LogP contribution >= 0.6 is 0 Å². The summed E-state index contributed by atoms with van der Waals surface area (Å²) in [5.74, 6) is -5.13. The first-order valence-electron chi connectivity index (χ1n) is 10.8. The molecule has 0 aromatic heterocycles. The fourth-order valence-electron chi connectivity index (χ4n) is 4.07. The maximum absolute atomic E-state index is 12.3. The van der Waals surface area contributed by atoms with Crippen LogP contribution in [0.2, 0.25) is 0 Å². The van der Waals surface area contributed by atoms with Gasteiger partial charge in [0.1, 0.15) is 31.0 Å². The average Bonchev–Trinajstić information content (AvgIpc) is 2.75. The molecule has 0 spiro atoms. The Morgan fingerprint density at radius 2 is 1.67 bits per heavy atom. The Bertz CT molecular complexity index is 804. The van der Waals surface area contributed by atoms with E-state index >= 15 is 0 Å². The molecule has 0 aliphatic carbocycles. The van der Waals surface area contributed by atoms with Gasteiger partial charge in [0.05, 0.1) is 11.7 Å². The van der Waals surface area contributed by atoms with Crippen molar-refractivity contribution in [2.45, 2.75) is 70.1 Å². The quantitative estimate of drug-likeness (QED) is 0.187. The summed E-state index contributed by atoms with van der Waals surface area (Å²) in [6.45, 7) is 3.13. The van der Waals surface area contributed by atoms with Crippen molar-refractivity contribution in [3.8, 4) is 17.2 Å². The van der Waals surface area contributed by atoms with Gasteiger partial charge in [0.25, 0.3) is 0 Å². The highest BCUT2D eigenvalue weighted by molar-refractivity contribution is 5.91. The van der Waals surface area contributed by atoms with Crippen molar-refractivity contribution in [3.05, 3.63) is 17.7 Å². The smallest absolute Gasteiger partial charge is 0.338 e. The van der Waals surface area contributed by atoms with E-state index in [0.717, 1.165) is 25.0 Å². The Labute approximate surface area is 190 Å². The van der Waals surface area contributed by atoms with Crippen LogP contribution in [0.3, 0.4) is 0 Å². The maximum Gasteiger partial charge on any atom is 0.338 e. The number of aromatic hydroxyl groups is 3. The standard InChI is InChI=1S/C22H32O11/c1-3-4-5-12(10(2)6-16(25)26)21-20(30)19(29)18(28)15(33-21)9-32-22(31)11-7-13(23)17(27)14(24)8-11/h7-8,10,12,15,18-21,23-24,27-30H,3-6,9H2,1-2H3,(H,25,26)/t10-,12+,15-,18-,19+,20-,21+/m1/s1. The molecule has 1 aliphatic heterocycles. The lowest BCUT2D eigenvalue weighted by atomic mass is 9.77. The second kappa shape index (κ2) is 11.5. The van der Waals surface area contributed by atoms with Crippen molar-refractivity contribution < 1.29 is 54.8 Å². The van der Waals surface area contributed by atoms with Crippen molar-refractivity contribution in [2.24, 2.45) is 11.8 Å². The largest absolute Gasteiger partial charge is 0.504 e. The molecule has 1 aliphatic rings. The van der Waals surface area contributed by atoms with Gasteiger partial charge in [-0.2, -0.15) is 0 Å². The number of esters is 1. The van der Waals surface area contributed by atoms with E-state index in [1.807, 2.05) is 6.92 Å². The number of phenolic OH excluding ortho intramolecular Hbond substituents is 3. The molecule has 0 saturated carbocycles. The zero-order valence-electron chi connectivity index (χ0n) is 18.5. The highest BCUT2D eigenvalue weighted by atomic mass is 16.6. The lowest BCUT2D eigenvalue weighted by Gasteiger charge is -2.45. The number of unbranched alkanes of at least 4 members (excludes halogenated alkanes) is 1. The zero-order valence-corrected chi connectivity index (χ0v) is 18.5. The molecule has 11 heteroatoms. The summed E-state index contributed by atoms with van der Waals surface area (Å²) in [5, 5.41) is 68.9. The Morgan fingerprint density at radius 1 is 1.06 bits per heavy atom. The minimum atomic E-state index is -1.62. The molecule has 7 atom stereocenters. The molecule has 1 saturated heterocycles. The van der Waals surface area contributed by atoms with E-state index in [1.165, 1.54) is 0 Å². The number of ether oxygens (including phenoxy) is 2. The molecule has 1 fully saturated rings. The zero-order chi connectivity index (χ0) is 24.9. The van der Waals surface area contributed by atoms with E-state index in [4.69, 9.17) is 9.47 Å². The number of hydrogen-bond donors (Lipinski definition) is 7. The van der Waals surface area contributed by atoms with Crippen molar-refractivity contribution >= 4 is 11.9 Å². The van der Waals surface area contributed by atoms with Gasteiger partial charge in [-0.05, 0) is 30.4 Å². The predicted octanol–water partition coefficient (Wildman–Crippen LogP) is 0.727. The molecule has 186 valence electrons. The van der Waals surface area contributed by atoms with Crippen LogP contribution in [0.5, 0.6) is 17.2 Å². The number of benzene rings is 1. The first-order chi connectivity index (χ1) is 15.5. The summed E-state index contributed by atoms with van der Waals surface area (Å²) in [5.41, 5.74) is -0.277. The summed E-state index contributed by atoms with van der Waals surface area (Å²) in [6.07, 6.45) is -5.02. The third kappa shape index (κ3) is 6.47. The topological polar surface area (TPSA) is 194 Å². The first-order valence-corrected chi connectivity index (χ1v) is 10.8. The summed E-state index contributed by atoms with van der Waals surface area (Å²) in [6, 6.07) is 1.76. The molecule has 33 heavy (non-hydrogen) atoms. The highest BCUT2D eigenvalue weighted by Crippen LogP contribution is 2.36. The van der Waals surface area contributed by atoms with Crippen LogP contribution in [0.1, 0.15) is 49.9 Å². The summed E-state index contributed by atoms with van der Waals surface area (Å²) < 4.78 is 10.9. The first kappa shape index (κ1) is 26.7. The number of phenols is 3. The molecule has 7 N–H and O–H groups in total. The van der Waals surface area contributed by atoms with Crippen LogP contribution in [0.4, 0.5) is 0 Å². The fourth-order valence-corrected chi connectivity index (χ4v) is 4.07. The van der Waals surface area contributed by atoms with E-state index in [-0.39, 0.29) is 12.0 Å². The summed E-state index contributed by atoms with van der Waals surface area (Å²) in [4.78, 5) is 23.5. The Hall–Kier alpha value is -2.60. The van der Waals surface area contributed by atoms with Crippen molar-refractivity contribution in [3.63, 3.8) is 0 Å². The molecule has 0 radical (unpaired) electrons. The molecule has 1 aromatic rings. The fraction of sp³-hybridized carbons (Fsp3) is 0.636. The SMILES string of the molecule is CCCC[C@H]([C@@H]1O[C@H](COC(=O)c2cc(O)c(O)c(O)c2)[C@@H](O)[C@H](O)[C@H]1O)[C@H](C)CC(=O)O. The second-order valence-corrected chi connectivity index (χ2v) is 8.45. The number of aliphatic hydroxyl groups excluding tert-OH is 3. The van der Waals surface area contributed by atoms with Gasteiger partial charge in [0, 0.05) is 6.42 Å². The maximum atomic E-state index is 12.3. The van der Waals surface area contributed by atoms with Crippen LogP contribution in [-0.2, 0) is 14.3 Å². The normalized spacial score (nSPS) is 27.0. The molecule has 11 nitrogen and oxygen atoms in total. The van der Waals surface area contributed by atoms with Crippen LogP contribution in [-0.4, -0.2) is 84.8 Å². The van der Waals surface area contributed by atoms with Gasteiger partial charge in [0.15, 0.2) is 17.2 Å². The van der Waals surface area contributed by atoms with E-state index in [0.29, 0.717) is 6.42 Å². The van der Waals surface area contributed by atoms with Crippen molar-refractivity contribution in [1.82, 2.24) is 0 Å². The number of hydrogen-bond acceptors (Lipinski definition) is 10. The molecule has 0 unspecified atom stereocenters. The number of aliphatic hydroxyl groups is 3. The van der Waals surface area contributed by atoms with Crippen LogP contribution in [0.15, 0.2) is 12.1 Å². The van der Waals surface area contributed by atoms with Gasteiger partial charge in [-0.15, -0.1) is 0 Å². The van der Waals surface area contributed by atoms with Gasteiger partial charge in [-0.25, -0.2) is 4.79 Å². The molecule has 0 amide bonds. The van der Waals surface area contributed by atoms with Crippen molar-refractivity contribution in [1.29, 1.82) is 0 Å². The number of carboxylic acid groups (broad SMARTS) is 1. The predicted molar refractivity (Wildman–Crippen MR) is 113 cm³/mol. The van der Waals surface area contributed by atoms with Gasteiger partial charge >= 0.3 is 11.9 Å². The van der Waals surface area contributed by atoms with Crippen LogP contribution < -0.4 is 0 Å². The third-order valence-electron chi connectivity index (χ3n) is 5.97. The van der Waals surface area contributed by atoms with E-state index in [2.05, 4.69) is 0 Å². The lowest BCUT2D eigenvalue weighted by Crippen LogP contribution is -2.61. The third-order valence-corrected chi connectivity index (χ3v) is 5.97. The molecule has 0 bridgehead atoms. The van der Waals surface area contributed by atoms with Gasteiger partial charge < -0.3 is 45.2 Å². The second-order valence-electron chi connectivity index (χ2n) is 8.45. The molecule has 2 rings (SSSR count). The van der Waals surface area contributed by atoms with Crippen LogP contribution in [0.25, 0.3) is 0 Å². The van der Waals surface area contributed by atoms with Gasteiger partial charge in [-0.1, -0.05) is 26.7 Å². The summed E-state index contributed by atoms with van der Waals surface area (Å²) >= 11 is 0. The number of carboxylic acids is 1. The average molecular weight is 472 g/mol. The molecular weight excluding hydrogens is 440 g/mol. The number of rotatable bonds is 10. The van der Waals surface area contributed by atoms with Crippen LogP contribution in [0, 0.1) is 11.8 Å². The molecular formula is C22H32O11. The minimum absolute atomic E-state index is 0.174. The number of aliphatic carboxylic acids is 1. The highest BCUT2D eigenvalue weighted by Gasteiger charge is 2.47. The van der Waals surface area contributed by atoms with Crippen molar-refractivity contribution in [2.75, 3.05) is 6.61 Å². The van der Waals surface area contributed by atoms with E-state index in [9.17, 15) is 45.3 Å². The summed E-state index contributed by atoms with van der Waals surface area (Å²) in [7, 11) is 0. The number of carbonyl (C=O) groups excluding carboxylic acids is 1. The monoisotopic (exact) mass is 472 g/mol. The molecule has 1 heterocycles. The van der Waals surface area contributed by atoms with E-state index in [1.54, 1.807) is 6.92 Å². The molecule has 1 aromatic carbocycles. The Morgan fingerprint density at radius 3 is 2.21 bits per heavy atom. The Kier molecular flexibility index (Phi) is 9.29. The Balaban J connectivity index is 2.16. The van der Waals surface area contributed by atoms with E-state index < -0.39 is 78.1 Å². The van der Waals surface area contributed by atoms with Gasteiger partial charge in [0.2, 0.25) is 0 Å². The number of carbonyl (C=O) groups is 2. The lowest BCUT2D eigenvalue weighted by molar-refractivity contribution is -0.245. The minimum Gasteiger partial charge on any atom is -0.504 e.